The minimum Gasteiger partial charge on any atom is -0.475 e. The Hall–Kier alpha value is -1.82. The standard InChI is InChI=1S/C13H18N2O4/c1-2-15-6-5-9(8-15)7-14-12(16)10-3-4-11(19-10)13(17)18/h3-4,9H,2,5-8H2,1H3,(H,14,16)(H,17,18). The average Bonchev–Trinajstić information content (AvgIpc) is 3.04. The van der Waals surface area contributed by atoms with Crippen molar-refractivity contribution in [2.75, 3.05) is 26.2 Å². The second-order valence-corrected chi connectivity index (χ2v) is 4.73. The summed E-state index contributed by atoms with van der Waals surface area (Å²) >= 11 is 0. The fourth-order valence-corrected chi connectivity index (χ4v) is 2.27. The summed E-state index contributed by atoms with van der Waals surface area (Å²) in [6, 6.07) is 2.66. The van der Waals surface area contributed by atoms with Gasteiger partial charge in [0.15, 0.2) is 5.76 Å². The molecule has 6 nitrogen and oxygen atoms in total. The predicted octanol–water partition coefficient (Wildman–Crippen LogP) is 1.05. The molecule has 0 aromatic carbocycles. The van der Waals surface area contributed by atoms with E-state index in [-0.39, 0.29) is 17.4 Å². The van der Waals surface area contributed by atoms with Crippen LogP contribution in [0.15, 0.2) is 16.5 Å². The van der Waals surface area contributed by atoms with Gasteiger partial charge in [0.2, 0.25) is 5.76 Å². The van der Waals surface area contributed by atoms with E-state index in [1.165, 1.54) is 12.1 Å². The highest BCUT2D eigenvalue weighted by atomic mass is 16.4. The van der Waals surface area contributed by atoms with Crippen molar-refractivity contribution >= 4 is 11.9 Å². The highest BCUT2D eigenvalue weighted by Gasteiger charge is 2.22. The lowest BCUT2D eigenvalue weighted by Gasteiger charge is -2.13. The Morgan fingerprint density at radius 2 is 2.21 bits per heavy atom. The molecule has 1 saturated heterocycles. The van der Waals surface area contributed by atoms with Gasteiger partial charge in [-0.25, -0.2) is 4.79 Å². The maximum absolute atomic E-state index is 11.8. The van der Waals surface area contributed by atoms with Crippen LogP contribution in [0.2, 0.25) is 0 Å². The van der Waals surface area contributed by atoms with Crippen molar-refractivity contribution in [2.24, 2.45) is 5.92 Å². The third-order valence-electron chi connectivity index (χ3n) is 3.41. The van der Waals surface area contributed by atoms with Crippen LogP contribution in [0.1, 0.15) is 34.5 Å². The van der Waals surface area contributed by atoms with Crippen molar-refractivity contribution in [3.05, 3.63) is 23.7 Å². The van der Waals surface area contributed by atoms with Crippen molar-refractivity contribution in [3.8, 4) is 0 Å². The van der Waals surface area contributed by atoms with Gasteiger partial charge in [0.25, 0.3) is 5.91 Å². The highest BCUT2D eigenvalue weighted by molar-refractivity contribution is 5.93. The van der Waals surface area contributed by atoms with Gasteiger partial charge in [-0.3, -0.25) is 4.79 Å². The molecule has 1 amide bonds. The highest BCUT2D eigenvalue weighted by Crippen LogP contribution is 2.15. The maximum atomic E-state index is 11.8. The second kappa shape index (κ2) is 5.88. The predicted molar refractivity (Wildman–Crippen MR) is 68.2 cm³/mol. The number of aromatic carboxylic acids is 1. The van der Waals surface area contributed by atoms with Gasteiger partial charge in [-0.15, -0.1) is 0 Å². The second-order valence-electron chi connectivity index (χ2n) is 4.73. The van der Waals surface area contributed by atoms with Gasteiger partial charge >= 0.3 is 5.97 Å². The van der Waals surface area contributed by atoms with E-state index in [2.05, 4.69) is 17.1 Å². The molecule has 6 heteroatoms. The van der Waals surface area contributed by atoms with Gasteiger partial charge < -0.3 is 19.7 Å². The molecule has 1 fully saturated rings. The summed E-state index contributed by atoms with van der Waals surface area (Å²) in [5.74, 6) is -1.25. The zero-order chi connectivity index (χ0) is 13.8. The molecule has 0 bridgehead atoms. The van der Waals surface area contributed by atoms with Crippen LogP contribution in [-0.4, -0.2) is 48.1 Å². The van der Waals surface area contributed by atoms with Crippen LogP contribution in [0.3, 0.4) is 0 Å². The van der Waals surface area contributed by atoms with Gasteiger partial charge in [-0.1, -0.05) is 6.92 Å². The van der Waals surface area contributed by atoms with Crippen LogP contribution in [0, 0.1) is 5.92 Å². The molecule has 1 aliphatic heterocycles. The number of hydrogen-bond donors (Lipinski definition) is 2. The Labute approximate surface area is 111 Å². The molecule has 1 aliphatic rings. The van der Waals surface area contributed by atoms with E-state index < -0.39 is 5.97 Å². The first-order valence-electron chi connectivity index (χ1n) is 6.43. The molecule has 1 aromatic heterocycles. The van der Waals surface area contributed by atoms with E-state index in [1.807, 2.05) is 0 Å². The molecule has 0 saturated carbocycles. The van der Waals surface area contributed by atoms with Gasteiger partial charge in [0.05, 0.1) is 0 Å². The minimum atomic E-state index is -1.17. The number of hydrogen-bond acceptors (Lipinski definition) is 4. The lowest BCUT2D eigenvalue weighted by Crippen LogP contribution is -2.30. The first-order valence-corrected chi connectivity index (χ1v) is 6.43. The zero-order valence-corrected chi connectivity index (χ0v) is 10.9. The number of carboxylic acids is 1. The summed E-state index contributed by atoms with van der Waals surface area (Å²) in [4.78, 5) is 24.8. The molecule has 104 valence electrons. The molecule has 0 spiro atoms. The molecular formula is C13H18N2O4. The number of carbonyl (C=O) groups excluding carboxylic acids is 1. The Morgan fingerprint density at radius 1 is 1.47 bits per heavy atom. The monoisotopic (exact) mass is 266 g/mol. The molecule has 1 atom stereocenters. The first kappa shape index (κ1) is 13.6. The fourth-order valence-electron chi connectivity index (χ4n) is 2.27. The van der Waals surface area contributed by atoms with Crippen molar-refractivity contribution in [1.29, 1.82) is 0 Å². The van der Waals surface area contributed by atoms with Crippen molar-refractivity contribution in [2.45, 2.75) is 13.3 Å². The van der Waals surface area contributed by atoms with E-state index in [0.717, 1.165) is 26.1 Å². The van der Waals surface area contributed by atoms with E-state index >= 15 is 0 Å². The molecule has 2 N–H and O–H groups in total. The van der Waals surface area contributed by atoms with Gasteiger partial charge in [0, 0.05) is 13.1 Å². The Bertz CT molecular complexity index is 469. The number of carboxylic acid groups (broad SMARTS) is 1. The fraction of sp³-hybridized carbons (Fsp3) is 0.538. The Morgan fingerprint density at radius 3 is 2.79 bits per heavy atom. The number of furan rings is 1. The van der Waals surface area contributed by atoms with E-state index in [4.69, 9.17) is 9.52 Å². The number of nitrogens with zero attached hydrogens (tertiary/aromatic N) is 1. The number of nitrogens with one attached hydrogen (secondary N) is 1. The molecule has 2 heterocycles. The molecule has 0 radical (unpaired) electrons. The van der Waals surface area contributed by atoms with Gasteiger partial charge in [0.1, 0.15) is 0 Å². The summed E-state index contributed by atoms with van der Waals surface area (Å²) in [6.45, 7) is 5.82. The zero-order valence-electron chi connectivity index (χ0n) is 10.9. The van der Waals surface area contributed by atoms with Crippen LogP contribution in [0.25, 0.3) is 0 Å². The largest absolute Gasteiger partial charge is 0.475 e. The van der Waals surface area contributed by atoms with Crippen LogP contribution in [-0.2, 0) is 0 Å². The lowest BCUT2D eigenvalue weighted by atomic mass is 10.1. The van der Waals surface area contributed by atoms with Crippen LogP contribution < -0.4 is 5.32 Å². The van der Waals surface area contributed by atoms with Crippen LogP contribution in [0.4, 0.5) is 0 Å². The molecule has 19 heavy (non-hydrogen) atoms. The maximum Gasteiger partial charge on any atom is 0.371 e. The number of carbonyl (C=O) groups is 2. The molecular weight excluding hydrogens is 248 g/mol. The quantitative estimate of drug-likeness (QED) is 0.832. The summed E-state index contributed by atoms with van der Waals surface area (Å²) < 4.78 is 4.94. The van der Waals surface area contributed by atoms with Gasteiger partial charge in [-0.2, -0.15) is 0 Å². The van der Waals surface area contributed by atoms with E-state index in [1.54, 1.807) is 0 Å². The normalized spacial score (nSPS) is 19.5. The summed E-state index contributed by atoms with van der Waals surface area (Å²) in [5.41, 5.74) is 0. The number of likely N-dealkylation sites (tertiary alicyclic amines) is 1. The van der Waals surface area contributed by atoms with E-state index in [0.29, 0.717) is 12.5 Å². The van der Waals surface area contributed by atoms with Crippen LogP contribution in [0.5, 0.6) is 0 Å². The van der Waals surface area contributed by atoms with E-state index in [9.17, 15) is 9.59 Å². The Kier molecular flexibility index (Phi) is 4.21. The van der Waals surface area contributed by atoms with Crippen molar-refractivity contribution in [1.82, 2.24) is 10.2 Å². The molecule has 1 unspecified atom stereocenters. The smallest absolute Gasteiger partial charge is 0.371 e. The summed E-state index contributed by atoms with van der Waals surface area (Å²) in [5, 5.41) is 11.5. The molecule has 1 aromatic rings. The average molecular weight is 266 g/mol. The summed E-state index contributed by atoms with van der Waals surface area (Å²) in [7, 11) is 0. The number of rotatable bonds is 5. The first-order chi connectivity index (χ1) is 9.10. The third-order valence-corrected chi connectivity index (χ3v) is 3.41. The van der Waals surface area contributed by atoms with Crippen molar-refractivity contribution in [3.63, 3.8) is 0 Å². The van der Waals surface area contributed by atoms with Crippen LogP contribution >= 0.6 is 0 Å². The van der Waals surface area contributed by atoms with Gasteiger partial charge in [-0.05, 0) is 37.6 Å². The topological polar surface area (TPSA) is 82.8 Å². The molecule has 0 aliphatic carbocycles. The lowest BCUT2D eigenvalue weighted by molar-refractivity contribution is 0.0659. The molecule has 2 rings (SSSR count). The Balaban J connectivity index is 1.82. The summed E-state index contributed by atoms with van der Waals surface area (Å²) in [6.07, 6.45) is 1.08. The number of amides is 1. The third kappa shape index (κ3) is 3.35. The minimum absolute atomic E-state index is 0.0442. The SMILES string of the molecule is CCN1CCC(CNC(=O)c2ccc(C(=O)O)o2)C1. The van der Waals surface area contributed by atoms with Crippen molar-refractivity contribution < 1.29 is 19.1 Å².